The zero-order chi connectivity index (χ0) is 30.7. The van der Waals surface area contributed by atoms with Crippen LogP contribution in [0.15, 0.2) is 41.6 Å². The number of nitrogens with zero attached hydrogens (tertiary/aromatic N) is 3. The minimum atomic E-state index is -4.48. The zero-order valence-electron chi connectivity index (χ0n) is 23.9. The Hall–Kier alpha value is -3.76. The van der Waals surface area contributed by atoms with E-state index in [4.69, 9.17) is 4.74 Å². The van der Waals surface area contributed by atoms with E-state index in [-0.39, 0.29) is 40.0 Å². The van der Waals surface area contributed by atoms with Crippen molar-refractivity contribution in [3.8, 4) is 17.6 Å². The number of anilines is 1. The minimum Gasteiger partial charge on any atom is -0.495 e. The van der Waals surface area contributed by atoms with E-state index in [1.54, 1.807) is 12.1 Å². The number of imidazole rings is 1. The molecule has 1 fully saturated rings. The summed E-state index contributed by atoms with van der Waals surface area (Å²) in [6, 6.07) is 7.39. The van der Waals surface area contributed by atoms with Crippen LogP contribution in [0.3, 0.4) is 0 Å². The number of alkyl halides is 3. The quantitative estimate of drug-likeness (QED) is 0.375. The van der Waals surface area contributed by atoms with Crippen molar-refractivity contribution in [1.29, 1.82) is 0 Å². The number of carbonyl (C=O) groups is 1. The molecule has 1 aliphatic heterocycles. The molecule has 1 aromatic heterocycles. The van der Waals surface area contributed by atoms with Crippen LogP contribution in [0.2, 0.25) is 0 Å². The molecule has 0 saturated carbocycles. The van der Waals surface area contributed by atoms with Gasteiger partial charge >= 0.3 is 6.18 Å². The first-order valence-electron chi connectivity index (χ1n) is 13.4. The average Bonchev–Trinajstić information content (AvgIpc) is 3.31. The molecule has 0 radical (unpaired) electrons. The molecule has 4 rings (SSSR count). The van der Waals surface area contributed by atoms with E-state index >= 15 is 0 Å². The maximum Gasteiger partial charge on any atom is 0.406 e. The highest BCUT2D eigenvalue weighted by Crippen LogP contribution is 2.28. The SMILES string of the molecule is CCC1CN(C)CCC1NC(=O)c1cc(C#CCNc2ccc(S(C)(=O)=O)cc2OC)cc2c1ncn2CC(F)(F)F. The summed E-state index contributed by atoms with van der Waals surface area (Å²) in [7, 11) is 0.0345. The van der Waals surface area contributed by atoms with Gasteiger partial charge < -0.3 is 24.8 Å². The third-order valence-electron chi connectivity index (χ3n) is 7.30. The fourth-order valence-corrected chi connectivity index (χ4v) is 5.76. The van der Waals surface area contributed by atoms with Gasteiger partial charge in [0.05, 0.1) is 41.6 Å². The predicted octanol–water partition coefficient (Wildman–Crippen LogP) is 3.93. The topological polar surface area (TPSA) is 106 Å². The Kier molecular flexibility index (Phi) is 9.37. The van der Waals surface area contributed by atoms with Crippen LogP contribution in [-0.4, -0.2) is 81.0 Å². The number of likely N-dealkylation sites (tertiary alicyclic amines) is 1. The molecule has 1 aliphatic rings. The number of methoxy groups -OCH3 is 1. The lowest BCUT2D eigenvalue weighted by molar-refractivity contribution is -0.139. The fraction of sp³-hybridized carbons (Fsp3) is 0.448. The highest BCUT2D eigenvalue weighted by Gasteiger charge is 2.31. The van der Waals surface area contributed by atoms with Crippen LogP contribution in [0.25, 0.3) is 11.0 Å². The van der Waals surface area contributed by atoms with Crippen LogP contribution in [0.5, 0.6) is 5.75 Å². The smallest absolute Gasteiger partial charge is 0.406 e. The third-order valence-corrected chi connectivity index (χ3v) is 8.41. The summed E-state index contributed by atoms with van der Waals surface area (Å²) in [6.07, 6.45) is -0.639. The van der Waals surface area contributed by atoms with Crippen molar-refractivity contribution in [2.24, 2.45) is 5.92 Å². The molecule has 2 heterocycles. The number of benzene rings is 2. The van der Waals surface area contributed by atoms with Gasteiger partial charge in [-0.25, -0.2) is 13.4 Å². The van der Waals surface area contributed by atoms with Crippen LogP contribution in [-0.2, 0) is 16.4 Å². The lowest BCUT2D eigenvalue weighted by Gasteiger charge is -2.36. The second-order valence-electron chi connectivity index (χ2n) is 10.5. The lowest BCUT2D eigenvalue weighted by atomic mass is 9.90. The Morgan fingerprint density at radius 1 is 1.24 bits per heavy atom. The van der Waals surface area contributed by atoms with Crippen molar-refractivity contribution in [1.82, 2.24) is 19.8 Å². The Balaban J connectivity index is 1.62. The molecule has 0 bridgehead atoms. The molecule has 9 nitrogen and oxygen atoms in total. The van der Waals surface area contributed by atoms with Gasteiger partial charge in [-0.1, -0.05) is 25.2 Å². The number of piperidine rings is 1. The number of amides is 1. The normalized spacial score (nSPS) is 17.9. The molecule has 226 valence electrons. The summed E-state index contributed by atoms with van der Waals surface area (Å²) < 4.78 is 69.8. The van der Waals surface area contributed by atoms with E-state index in [9.17, 15) is 26.4 Å². The second kappa shape index (κ2) is 12.6. The number of hydrogen-bond donors (Lipinski definition) is 2. The van der Waals surface area contributed by atoms with Gasteiger partial charge in [0.2, 0.25) is 0 Å². The Morgan fingerprint density at radius 2 is 2.00 bits per heavy atom. The molecule has 13 heteroatoms. The average molecular weight is 606 g/mol. The molecule has 0 spiro atoms. The van der Waals surface area contributed by atoms with Crippen molar-refractivity contribution in [2.45, 2.75) is 43.4 Å². The van der Waals surface area contributed by atoms with Gasteiger partial charge in [-0.3, -0.25) is 4.79 Å². The van der Waals surface area contributed by atoms with E-state index in [2.05, 4.69) is 39.3 Å². The van der Waals surface area contributed by atoms with Crippen molar-refractivity contribution < 1.29 is 31.1 Å². The third kappa shape index (κ3) is 7.54. The number of halogens is 3. The Bertz CT molecular complexity index is 1630. The standard InChI is InChI=1S/C29H34F3N5O4S/c1-5-20-16-36(2)12-10-23(20)35-28(38)22-13-19(14-25-27(22)34-18-37(25)17-29(30,31)32)7-6-11-33-24-9-8-21(42(4,39)40)15-26(24)41-3/h8-9,13-15,18,20,23,33H,5,10-12,16-17H2,1-4H3,(H,35,38). The summed E-state index contributed by atoms with van der Waals surface area (Å²) >= 11 is 0. The summed E-state index contributed by atoms with van der Waals surface area (Å²) in [6.45, 7) is 2.61. The first kappa shape index (κ1) is 31.2. The molecule has 2 aromatic carbocycles. The van der Waals surface area contributed by atoms with Gasteiger partial charge in [0.15, 0.2) is 9.84 Å². The number of hydrogen-bond acceptors (Lipinski definition) is 7. The molecule has 3 aromatic rings. The molecular formula is C29H34F3N5O4S. The summed E-state index contributed by atoms with van der Waals surface area (Å²) in [5, 5.41) is 6.15. The van der Waals surface area contributed by atoms with E-state index in [0.717, 1.165) is 43.1 Å². The number of ether oxygens (including phenoxy) is 1. The second-order valence-corrected chi connectivity index (χ2v) is 12.5. The molecule has 2 atom stereocenters. The van der Waals surface area contributed by atoms with Crippen LogP contribution >= 0.6 is 0 Å². The van der Waals surface area contributed by atoms with Crippen molar-refractivity contribution >= 4 is 32.5 Å². The largest absolute Gasteiger partial charge is 0.495 e. The van der Waals surface area contributed by atoms with E-state index in [0.29, 0.717) is 17.0 Å². The van der Waals surface area contributed by atoms with Gasteiger partial charge in [0.25, 0.3) is 5.91 Å². The first-order chi connectivity index (χ1) is 19.8. The highest BCUT2D eigenvalue weighted by molar-refractivity contribution is 7.90. The molecule has 42 heavy (non-hydrogen) atoms. The van der Waals surface area contributed by atoms with Crippen LogP contribution in [0.1, 0.15) is 35.7 Å². The number of carbonyl (C=O) groups excluding carboxylic acids is 1. The lowest BCUT2D eigenvalue weighted by Crippen LogP contribution is -2.49. The highest BCUT2D eigenvalue weighted by atomic mass is 32.2. The van der Waals surface area contributed by atoms with Crippen molar-refractivity contribution in [2.75, 3.05) is 45.4 Å². The Morgan fingerprint density at radius 3 is 2.67 bits per heavy atom. The maximum absolute atomic E-state index is 13.5. The van der Waals surface area contributed by atoms with E-state index in [1.165, 1.54) is 25.3 Å². The molecular weight excluding hydrogens is 571 g/mol. The number of fused-ring (bicyclic) bond motifs is 1. The maximum atomic E-state index is 13.5. The number of sulfone groups is 1. The Labute approximate surface area is 243 Å². The number of rotatable bonds is 8. The van der Waals surface area contributed by atoms with Crippen LogP contribution in [0, 0.1) is 17.8 Å². The van der Waals surface area contributed by atoms with Crippen LogP contribution < -0.4 is 15.4 Å². The molecule has 1 saturated heterocycles. The molecule has 1 amide bonds. The number of nitrogens with one attached hydrogen (secondary N) is 2. The van der Waals surface area contributed by atoms with Crippen molar-refractivity contribution in [3.63, 3.8) is 0 Å². The predicted molar refractivity (Wildman–Crippen MR) is 154 cm³/mol. The van der Waals surface area contributed by atoms with Crippen LogP contribution in [0.4, 0.5) is 18.9 Å². The summed E-state index contributed by atoms with van der Waals surface area (Å²) in [5.41, 5.74) is 1.37. The fourth-order valence-electron chi connectivity index (χ4n) is 5.13. The molecule has 2 N–H and O–H groups in total. The summed E-state index contributed by atoms with van der Waals surface area (Å²) in [5.74, 6) is 6.01. The number of aromatic nitrogens is 2. The minimum absolute atomic E-state index is 0.0611. The van der Waals surface area contributed by atoms with Gasteiger partial charge in [-0.2, -0.15) is 13.2 Å². The van der Waals surface area contributed by atoms with Crippen molar-refractivity contribution in [3.05, 3.63) is 47.8 Å². The van der Waals surface area contributed by atoms with E-state index < -0.39 is 28.5 Å². The van der Waals surface area contributed by atoms with E-state index in [1.807, 2.05) is 7.05 Å². The molecule has 2 unspecified atom stereocenters. The first-order valence-corrected chi connectivity index (χ1v) is 15.3. The monoisotopic (exact) mass is 605 g/mol. The van der Waals surface area contributed by atoms with Gasteiger partial charge in [-0.05, 0) is 50.2 Å². The molecule has 0 aliphatic carbocycles. The zero-order valence-corrected chi connectivity index (χ0v) is 24.7. The van der Waals surface area contributed by atoms with Gasteiger partial charge in [-0.15, -0.1) is 0 Å². The van der Waals surface area contributed by atoms with Gasteiger partial charge in [0, 0.05) is 30.5 Å². The summed E-state index contributed by atoms with van der Waals surface area (Å²) in [4.78, 5) is 20.0. The van der Waals surface area contributed by atoms with Gasteiger partial charge in [0.1, 0.15) is 17.8 Å².